The maximum Gasteiger partial charge on any atom is 0.251 e. The van der Waals surface area contributed by atoms with E-state index in [4.69, 9.17) is 0 Å². The molecule has 2 rings (SSSR count). The lowest BCUT2D eigenvalue weighted by atomic mass is 10.1. The molecule has 0 aliphatic heterocycles. The number of carbonyl (C=O) groups is 1. The van der Waals surface area contributed by atoms with Crippen molar-refractivity contribution in [3.63, 3.8) is 0 Å². The van der Waals surface area contributed by atoms with Crippen LogP contribution in [0.1, 0.15) is 22.8 Å². The van der Waals surface area contributed by atoms with Crippen LogP contribution in [0.2, 0.25) is 0 Å². The molecule has 0 atom stereocenters. The lowest BCUT2D eigenvalue weighted by Gasteiger charge is -2.16. The maximum absolute atomic E-state index is 12.3. The van der Waals surface area contributed by atoms with Gasteiger partial charge in [-0.25, -0.2) is 13.1 Å². The first kappa shape index (κ1) is 19.0. The molecule has 0 unspecified atom stereocenters. The van der Waals surface area contributed by atoms with Gasteiger partial charge in [0.1, 0.15) is 0 Å². The Kier molecular flexibility index (Phi) is 6.17. The molecule has 2 aromatic carbocycles. The predicted molar refractivity (Wildman–Crippen MR) is 99.2 cm³/mol. The average molecular weight is 361 g/mol. The summed E-state index contributed by atoms with van der Waals surface area (Å²) in [6, 6.07) is 13.8. The normalized spacial score (nSPS) is 11.2. The third-order valence-electron chi connectivity index (χ3n) is 3.98. The minimum Gasteiger partial charge on any atom is -0.375 e. The Hall–Kier alpha value is -2.38. The second kappa shape index (κ2) is 8.13. The van der Waals surface area contributed by atoms with Crippen LogP contribution < -0.4 is 14.9 Å². The van der Waals surface area contributed by atoms with Crippen LogP contribution in [-0.4, -0.2) is 35.0 Å². The van der Waals surface area contributed by atoms with Crippen LogP contribution in [0.5, 0.6) is 0 Å². The summed E-state index contributed by atoms with van der Waals surface area (Å²) in [7, 11) is -0.142. The zero-order chi connectivity index (χ0) is 18.4. The smallest absolute Gasteiger partial charge is 0.251 e. The highest BCUT2D eigenvalue weighted by Crippen LogP contribution is 2.14. The molecule has 2 aromatic rings. The molecule has 7 heteroatoms. The number of sulfonamides is 1. The molecular weight excluding hydrogens is 338 g/mol. The monoisotopic (exact) mass is 361 g/mol. The van der Waals surface area contributed by atoms with Crippen LogP contribution in [0.4, 0.5) is 5.69 Å². The van der Waals surface area contributed by atoms with Crippen molar-refractivity contribution in [1.29, 1.82) is 0 Å². The molecule has 25 heavy (non-hydrogen) atoms. The van der Waals surface area contributed by atoms with E-state index in [1.165, 1.54) is 13.1 Å². The third-order valence-corrected chi connectivity index (χ3v) is 5.39. The first-order chi connectivity index (χ1) is 11.9. The molecule has 2 N–H and O–H groups in total. The standard InChI is InChI=1S/C18H23N3O3S/c1-4-21(3)16-10-8-15(9-11-16)18(22)20-13-14-6-5-7-17(12-14)25(23,24)19-2/h5-12,19H,4,13H2,1-3H3,(H,20,22). The Labute approximate surface area is 148 Å². The SMILES string of the molecule is CCN(C)c1ccc(C(=O)NCc2cccc(S(=O)(=O)NC)c2)cc1. The predicted octanol–water partition coefficient (Wildman–Crippen LogP) is 1.98. The van der Waals surface area contributed by atoms with Crippen LogP contribution in [0.15, 0.2) is 53.4 Å². The highest BCUT2D eigenvalue weighted by molar-refractivity contribution is 7.89. The van der Waals surface area contributed by atoms with E-state index >= 15 is 0 Å². The number of hydrogen-bond donors (Lipinski definition) is 2. The molecule has 134 valence electrons. The fourth-order valence-electron chi connectivity index (χ4n) is 2.27. The van der Waals surface area contributed by atoms with Gasteiger partial charge in [0.2, 0.25) is 10.0 Å². The highest BCUT2D eigenvalue weighted by atomic mass is 32.2. The maximum atomic E-state index is 12.3. The molecule has 0 aliphatic carbocycles. The number of rotatable bonds is 7. The van der Waals surface area contributed by atoms with Crippen molar-refractivity contribution in [2.75, 3.05) is 25.5 Å². The van der Waals surface area contributed by atoms with Gasteiger partial charge in [-0.15, -0.1) is 0 Å². The molecule has 0 bridgehead atoms. The number of anilines is 1. The number of benzene rings is 2. The summed E-state index contributed by atoms with van der Waals surface area (Å²) in [5.41, 5.74) is 2.32. The molecule has 0 spiro atoms. The molecular formula is C18H23N3O3S. The van der Waals surface area contributed by atoms with Gasteiger partial charge in [0.05, 0.1) is 4.90 Å². The van der Waals surface area contributed by atoms with Gasteiger partial charge in [-0.05, 0) is 55.9 Å². The fraction of sp³-hybridized carbons (Fsp3) is 0.278. The number of nitrogens with one attached hydrogen (secondary N) is 2. The van der Waals surface area contributed by atoms with Gasteiger partial charge in [0, 0.05) is 31.4 Å². The lowest BCUT2D eigenvalue weighted by molar-refractivity contribution is 0.0951. The van der Waals surface area contributed by atoms with E-state index in [2.05, 4.69) is 21.9 Å². The molecule has 1 amide bonds. The summed E-state index contributed by atoms with van der Waals surface area (Å²) in [5, 5.41) is 2.81. The van der Waals surface area contributed by atoms with Gasteiger partial charge in [0.25, 0.3) is 5.91 Å². The second-order valence-electron chi connectivity index (χ2n) is 5.60. The van der Waals surface area contributed by atoms with Crippen LogP contribution in [-0.2, 0) is 16.6 Å². The minimum atomic E-state index is -3.49. The van der Waals surface area contributed by atoms with Crippen LogP contribution in [0.3, 0.4) is 0 Å². The fourth-order valence-corrected chi connectivity index (χ4v) is 3.07. The van der Waals surface area contributed by atoms with E-state index in [9.17, 15) is 13.2 Å². The van der Waals surface area contributed by atoms with Gasteiger partial charge in [-0.1, -0.05) is 12.1 Å². The third kappa shape index (κ3) is 4.80. The average Bonchev–Trinajstić information content (AvgIpc) is 2.65. The van der Waals surface area contributed by atoms with Crippen molar-refractivity contribution in [2.24, 2.45) is 0 Å². The topological polar surface area (TPSA) is 78.5 Å². The second-order valence-corrected chi connectivity index (χ2v) is 7.49. The summed E-state index contributed by atoms with van der Waals surface area (Å²) in [4.78, 5) is 14.5. The zero-order valence-electron chi connectivity index (χ0n) is 14.6. The van der Waals surface area contributed by atoms with Crippen molar-refractivity contribution in [2.45, 2.75) is 18.4 Å². The lowest BCUT2D eigenvalue weighted by Crippen LogP contribution is -2.23. The molecule has 0 saturated heterocycles. The van der Waals surface area contributed by atoms with E-state index in [-0.39, 0.29) is 17.3 Å². The van der Waals surface area contributed by atoms with E-state index < -0.39 is 10.0 Å². The summed E-state index contributed by atoms with van der Waals surface area (Å²) in [5.74, 6) is -0.201. The largest absolute Gasteiger partial charge is 0.375 e. The Balaban J connectivity index is 2.04. The van der Waals surface area contributed by atoms with Gasteiger partial charge >= 0.3 is 0 Å². The number of hydrogen-bond acceptors (Lipinski definition) is 4. The summed E-state index contributed by atoms with van der Waals surface area (Å²) < 4.78 is 25.9. The molecule has 6 nitrogen and oxygen atoms in total. The molecule has 0 heterocycles. The van der Waals surface area contributed by atoms with E-state index in [1.807, 2.05) is 19.2 Å². The molecule has 0 aliphatic rings. The first-order valence-electron chi connectivity index (χ1n) is 7.99. The molecule has 0 radical (unpaired) electrons. The Morgan fingerprint density at radius 2 is 1.80 bits per heavy atom. The van der Waals surface area contributed by atoms with Gasteiger partial charge in [-0.3, -0.25) is 4.79 Å². The van der Waals surface area contributed by atoms with E-state index in [1.54, 1.807) is 30.3 Å². The summed E-state index contributed by atoms with van der Waals surface area (Å²) in [6.07, 6.45) is 0. The first-order valence-corrected chi connectivity index (χ1v) is 9.47. The van der Waals surface area contributed by atoms with Gasteiger partial charge in [0.15, 0.2) is 0 Å². The van der Waals surface area contributed by atoms with Crippen molar-refractivity contribution in [1.82, 2.24) is 10.0 Å². The van der Waals surface area contributed by atoms with Crippen LogP contribution in [0.25, 0.3) is 0 Å². The van der Waals surface area contributed by atoms with Gasteiger partial charge < -0.3 is 10.2 Å². The summed E-state index contributed by atoms with van der Waals surface area (Å²) >= 11 is 0. The van der Waals surface area contributed by atoms with Crippen LogP contribution in [0, 0.1) is 0 Å². The molecule has 0 aromatic heterocycles. The van der Waals surface area contributed by atoms with E-state index in [0.717, 1.165) is 12.2 Å². The number of nitrogens with zero attached hydrogens (tertiary/aromatic N) is 1. The summed E-state index contributed by atoms with van der Waals surface area (Å²) in [6.45, 7) is 3.20. The van der Waals surface area contributed by atoms with Crippen LogP contribution >= 0.6 is 0 Å². The quantitative estimate of drug-likeness (QED) is 0.790. The molecule has 0 saturated carbocycles. The van der Waals surface area contributed by atoms with Gasteiger partial charge in [-0.2, -0.15) is 0 Å². The number of amides is 1. The zero-order valence-corrected chi connectivity index (χ0v) is 15.4. The Morgan fingerprint density at radius 1 is 1.12 bits per heavy atom. The number of carbonyl (C=O) groups excluding carboxylic acids is 1. The highest BCUT2D eigenvalue weighted by Gasteiger charge is 2.12. The van der Waals surface area contributed by atoms with Crippen molar-refractivity contribution < 1.29 is 13.2 Å². The molecule has 0 fully saturated rings. The van der Waals surface area contributed by atoms with Crippen molar-refractivity contribution in [3.05, 3.63) is 59.7 Å². The van der Waals surface area contributed by atoms with E-state index in [0.29, 0.717) is 11.1 Å². The minimum absolute atomic E-state index is 0.175. The Bertz CT molecular complexity index is 833. The van der Waals surface area contributed by atoms with Crippen molar-refractivity contribution in [3.8, 4) is 0 Å². The Morgan fingerprint density at radius 3 is 2.40 bits per heavy atom. The van der Waals surface area contributed by atoms with Crippen molar-refractivity contribution >= 4 is 21.6 Å².